The summed E-state index contributed by atoms with van der Waals surface area (Å²) >= 11 is 10.5. The maximum absolute atomic E-state index is 12.7. The zero-order chi connectivity index (χ0) is 19.7. The van der Waals surface area contributed by atoms with Gasteiger partial charge in [-0.3, -0.25) is 0 Å². The van der Waals surface area contributed by atoms with E-state index in [-0.39, 0.29) is 5.02 Å². The molecular weight excluding hydrogens is 410 g/mol. The first-order valence-electron chi connectivity index (χ1n) is 7.41. The Hall–Kier alpha value is -1.06. The minimum absolute atomic E-state index is 0.269. The van der Waals surface area contributed by atoms with Crippen molar-refractivity contribution < 1.29 is 17.7 Å². The summed E-state index contributed by atoms with van der Waals surface area (Å²) in [6, 6.07) is 4.02. The summed E-state index contributed by atoms with van der Waals surface area (Å²) in [5.74, 6) is -1.24. The third-order valence-corrected chi connectivity index (χ3v) is 5.62. The van der Waals surface area contributed by atoms with Gasteiger partial charge in [-0.1, -0.05) is 29.3 Å². The number of hydrogen-bond acceptors (Lipinski definition) is 4. The molecule has 1 aromatic carbocycles. The van der Waals surface area contributed by atoms with Gasteiger partial charge in [0.1, 0.15) is 10.8 Å². The molecule has 0 aliphatic rings. The lowest BCUT2D eigenvalue weighted by Gasteiger charge is -2.28. The summed E-state index contributed by atoms with van der Waals surface area (Å²) < 4.78 is 52.9. The summed E-state index contributed by atoms with van der Waals surface area (Å²) in [5.41, 5.74) is 0.884. The van der Waals surface area contributed by atoms with Crippen LogP contribution in [0.2, 0.25) is 10.0 Å². The van der Waals surface area contributed by atoms with Crippen LogP contribution in [0.25, 0.3) is 0 Å². The van der Waals surface area contributed by atoms with Crippen molar-refractivity contribution in [1.82, 2.24) is 14.7 Å². The monoisotopic (exact) mass is 425 g/mol. The number of hydrogen-bond donors (Lipinski definition) is 1. The molecule has 1 N–H and O–H groups in total. The van der Waals surface area contributed by atoms with Gasteiger partial charge in [0, 0.05) is 29.3 Å². The fourth-order valence-corrected chi connectivity index (χ4v) is 3.08. The largest absolute Gasteiger partial charge is 0.598 e. The average molecular weight is 426 g/mol. The molecule has 0 amide bonds. The normalized spacial score (nSPS) is 15.0. The second-order valence-corrected chi connectivity index (χ2v) is 9.26. The highest BCUT2D eigenvalue weighted by atomic mass is 35.5. The molecule has 1 aromatic heterocycles. The highest BCUT2D eigenvalue weighted by Crippen LogP contribution is 2.31. The molecule has 2 aromatic rings. The number of aromatic nitrogens is 2. The fraction of sp³-hybridized carbons (Fsp3) is 0.375. The van der Waals surface area contributed by atoms with Crippen LogP contribution < -0.4 is 4.72 Å². The van der Waals surface area contributed by atoms with Crippen molar-refractivity contribution in [2.75, 3.05) is 0 Å². The van der Waals surface area contributed by atoms with Crippen molar-refractivity contribution in [3.63, 3.8) is 0 Å². The third kappa shape index (κ3) is 5.23. The average Bonchev–Trinajstić information content (AvgIpc) is 2.53. The van der Waals surface area contributed by atoms with Gasteiger partial charge < -0.3 is 4.55 Å². The van der Waals surface area contributed by atoms with E-state index in [2.05, 4.69) is 14.7 Å². The van der Waals surface area contributed by atoms with Crippen LogP contribution in [0.3, 0.4) is 0 Å². The summed E-state index contributed by atoms with van der Waals surface area (Å²) in [4.78, 5) is 6.74. The lowest BCUT2D eigenvalue weighted by Crippen LogP contribution is -2.41. The van der Waals surface area contributed by atoms with Crippen LogP contribution in [0.4, 0.5) is 13.2 Å². The van der Waals surface area contributed by atoms with Gasteiger partial charge in [-0.2, -0.15) is 13.2 Å². The van der Waals surface area contributed by atoms with E-state index in [9.17, 15) is 17.7 Å². The molecule has 0 spiro atoms. The summed E-state index contributed by atoms with van der Waals surface area (Å²) in [6.45, 7) is 5.31. The summed E-state index contributed by atoms with van der Waals surface area (Å²) in [5, 5.41) is 0.597. The molecule has 26 heavy (non-hydrogen) atoms. The van der Waals surface area contributed by atoms with Crippen LogP contribution in [-0.4, -0.2) is 19.3 Å². The van der Waals surface area contributed by atoms with Gasteiger partial charge in [-0.15, -0.1) is 4.72 Å². The topological polar surface area (TPSA) is 60.9 Å². The Balaban J connectivity index is 2.44. The van der Waals surface area contributed by atoms with Gasteiger partial charge in [0.25, 0.3) is 0 Å². The zero-order valence-corrected chi connectivity index (χ0v) is 16.4. The van der Waals surface area contributed by atoms with E-state index in [1.165, 1.54) is 0 Å². The molecule has 1 heterocycles. The van der Waals surface area contributed by atoms with Crippen LogP contribution in [-0.2, 0) is 17.5 Å². The first kappa shape index (κ1) is 21.2. The standard InChI is InChI=1S/C16H16Cl2F3N3OS/c1-15(2,3)26(25)24-13(9-4-5-11(17)12(18)6-9)10-7-22-14(23-8-10)16(19,20)21/h4-8,13,24H,1-3H3/t13-,26-/m1/s1. The maximum Gasteiger partial charge on any atom is 0.451 e. The van der Waals surface area contributed by atoms with E-state index in [0.717, 1.165) is 12.4 Å². The second kappa shape index (κ2) is 7.90. The van der Waals surface area contributed by atoms with E-state index < -0.39 is 34.2 Å². The first-order valence-corrected chi connectivity index (χ1v) is 9.32. The molecule has 0 bridgehead atoms. The number of nitrogens with one attached hydrogen (secondary N) is 1. The van der Waals surface area contributed by atoms with Gasteiger partial charge in [-0.25, -0.2) is 9.97 Å². The Labute approximate surface area is 162 Å². The molecule has 4 nitrogen and oxygen atoms in total. The van der Waals surface area contributed by atoms with Crippen LogP contribution in [0.5, 0.6) is 0 Å². The number of alkyl halides is 3. The van der Waals surface area contributed by atoms with Crippen molar-refractivity contribution in [3.8, 4) is 0 Å². The highest BCUT2D eigenvalue weighted by Gasteiger charge is 2.35. The van der Waals surface area contributed by atoms with Gasteiger partial charge in [-0.05, 0) is 38.5 Å². The van der Waals surface area contributed by atoms with Gasteiger partial charge in [0.2, 0.25) is 5.82 Å². The van der Waals surface area contributed by atoms with Crippen molar-refractivity contribution >= 4 is 34.6 Å². The van der Waals surface area contributed by atoms with Gasteiger partial charge in [0.15, 0.2) is 0 Å². The molecule has 0 fully saturated rings. The van der Waals surface area contributed by atoms with E-state index in [1.807, 2.05) is 0 Å². The third-order valence-electron chi connectivity index (χ3n) is 3.32. The second-order valence-electron chi connectivity index (χ2n) is 6.44. The predicted molar refractivity (Wildman–Crippen MR) is 96.4 cm³/mol. The Morgan fingerprint density at radius 1 is 1.04 bits per heavy atom. The quantitative estimate of drug-likeness (QED) is 0.704. The van der Waals surface area contributed by atoms with E-state index >= 15 is 0 Å². The fourth-order valence-electron chi connectivity index (χ4n) is 1.94. The molecule has 0 saturated heterocycles. The SMILES string of the molecule is CC(C)(C)[S@@+]([O-])N[C@@H](c1cnc(C(F)(F)F)nc1)c1ccc(Cl)c(Cl)c1. The molecule has 2 atom stereocenters. The van der Waals surface area contributed by atoms with Crippen LogP contribution in [0, 0.1) is 0 Å². The number of benzene rings is 1. The van der Waals surface area contributed by atoms with Crippen LogP contribution in [0.15, 0.2) is 30.6 Å². The first-order chi connectivity index (χ1) is 11.9. The molecule has 0 aliphatic heterocycles. The molecule has 142 valence electrons. The van der Waals surface area contributed by atoms with E-state index in [0.29, 0.717) is 16.1 Å². The number of halogens is 5. The zero-order valence-electron chi connectivity index (χ0n) is 14.1. The predicted octanol–water partition coefficient (Wildman–Crippen LogP) is 4.94. The minimum Gasteiger partial charge on any atom is -0.598 e. The smallest absolute Gasteiger partial charge is 0.451 e. The van der Waals surface area contributed by atoms with Gasteiger partial charge >= 0.3 is 6.18 Å². The molecule has 0 aliphatic carbocycles. The molecule has 0 unspecified atom stereocenters. The molecule has 2 rings (SSSR count). The molecule has 10 heteroatoms. The van der Waals surface area contributed by atoms with Crippen molar-refractivity contribution in [1.29, 1.82) is 0 Å². The highest BCUT2D eigenvalue weighted by molar-refractivity contribution is 7.90. The Kier molecular flexibility index (Phi) is 6.45. The van der Waals surface area contributed by atoms with E-state index in [4.69, 9.17) is 23.2 Å². The van der Waals surface area contributed by atoms with E-state index in [1.54, 1.807) is 39.0 Å². The summed E-state index contributed by atoms with van der Waals surface area (Å²) in [6.07, 6.45) is -2.54. The summed E-state index contributed by atoms with van der Waals surface area (Å²) in [7, 11) is 0. The molecule has 0 saturated carbocycles. The lowest BCUT2D eigenvalue weighted by atomic mass is 10.0. The molecule has 0 radical (unpaired) electrons. The van der Waals surface area contributed by atoms with Crippen molar-refractivity contribution in [2.24, 2.45) is 0 Å². The van der Waals surface area contributed by atoms with Crippen molar-refractivity contribution in [3.05, 3.63) is 57.6 Å². The Morgan fingerprint density at radius 3 is 2.08 bits per heavy atom. The number of nitrogens with zero attached hydrogens (tertiary/aromatic N) is 2. The van der Waals surface area contributed by atoms with Crippen molar-refractivity contribution in [2.45, 2.75) is 37.7 Å². The Bertz CT molecular complexity index is 767. The molecular formula is C16H16Cl2F3N3OS. The van der Waals surface area contributed by atoms with Crippen LogP contribution >= 0.6 is 23.2 Å². The van der Waals surface area contributed by atoms with Gasteiger partial charge in [0.05, 0.1) is 10.0 Å². The minimum atomic E-state index is -4.64. The lowest BCUT2D eigenvalue weighted by molar-refractivity contribution is -0.145. The number of rotatable bonds is 4. The van der Waals surface area contributed by atoms with Crippen LogP contribution in [0.1, 0.15) is 43.8 Å². The maximum atomic E-state index is 12.7. The Morgan fingerprint density at radius 2 is 1.62 bits per heavy atom.